The highest BCUT2D eigenvalue weighted by Crippen LogP contribution is 2.30. The smallest absolute Gasteiger partial charge is 0.328 e. The number of aromatic nitrogens is 4. The molecule has 7 nitrogen and oxygen atoms in total. The fourth-order valence-corrected chi connectivity index (χ4v) is 3.25. The number of aryl methyl sites for hydroxylation is 2. The lowest BCUT2D eigenvalue weighted by Gasteiger charge is -2.19. The van der Waals surface area contributed by atoms with Crippen LogP contribution in [0.2, 0.25) is 0 Å². The van der Waals surface area contributed by atoms with E-state index in [1.165, 1.54) is 6.92 Å². The highest BCUT2D eigenvalue weighted by molar-refractivity contribution is 6.06. The average Bonchev–Trinajstić information content (AvgIpc) is 2.98. The lowest BCUT2D eigenvalue weighted by atomic mass is 9.99. The summed E-state index contributed by atoms with van der Waals surface area (Å²) in [6.07, 6.45) is 4.25. The number of Topliss-reactive ketones (excluding diaryl/α,β-unsaturated/α-hetero) is 1. The van der Waals surface area contributed by atoms with Crippen LogP contribution in [0.15, 0.2) is 24.5 Å². The molecule has 0 aliphatic heterocycles. The zero-order valence-corrected chi connectivity index (χ0v) is 17.7. The van der Waals surface area contributed by atoms with E-state index < -0.39 is 11.6 Å². The first-order valence-corrected chi connectivity index (χ1v) is 9.64. The molecule has 0 aliphatic carbocycles. The largest absolute Gasteiger partial charge is 0.459 e. The van der Waals surface area contributed by atoms with Crippen molar-refractivity contribution < 1.29 is 14.3 Å². The first-order chi connectivity index (χ1) is 13.6. The molecule has 1 aromatic carbocycles. The standard InChI is InChI=1S/C22H26N4O3/c1-7-15-8-16(17-10-23-14(3)24-11-17)9-18-20(13(2)27)25-26(21(15)18)12-19(28)29-22(4,5)6/h8-11H,7,12H2,1-6H3. The topological polar surface area (TPSA) is 87.0 Å². The fraction of sp³-hybridized carbons (Fsp3) is 0.409. The SMILES string of the molecule is CCc1cc(-c2cnc(C)nc2)cc2c(C(C)=O)nn(CC(=O)OC(C)(C)C)c12. The number of ether oxygens (including phenoxy) is 1. The molecular weight excluding hydrogens is 368 g/mol. The summed E-state index contributed by atoms with van der Waals surface area (Å²) in [5.74, 6) is 0.146. The van der Waals surface area contributed by atoms with E-state index in [4.69, 9.17) is 4.74 Å². The summed E-state index contributed by atoms with van der Waals surface area (Å²) >= 11 is 0. The van der Waals surface area contributed by atoms with E-state index in [1.807, 2.05) is 46.8 Å². The molecule has 29 heavy (non-hydrogen) atoms. The van der Waals surface area contributed by atoms with Crippen molar-refractivity contribution >= 4 is 22.7 Å². The van der Waals surface area contributed by atoms with Gasteiger partial charge in [-0.2, -0.15) is 5.10 Å². The first kappa shape index (κ1) is 20.6. The van der Waals surface area contributed by atoms with Gasteiger partial charge in [0, 0.05) is 30.3 Å². The van der Waals surface area contributed by atoms with Gasteiger partial charge in [0.25, 0.3) is 0 Å². The van der Waals surface area contributed by atoms with Crippen molar-refractivity contribution in [2.75, 3.05) is 0 Å². The molecule has 0 saturated carbocycles. The Hall–Kier alpha value is -3.09. The Morgan fingerprint density at radius 3 is 2.31 bits per heavy atom. The second-order valence-electron chi connectivity index (χ2n) is 8.05. The molecule has 0 spiro atoms. The molecule has 0 unspecified atom stereocenters. The minimum Gasteiger partial charge on any atom is -0.459 e. The maximum atomic E-state index is 12.4. The van der Waals surface area contributed by atoms with E-state index >= 15 is 0 Å². The number of hydrogen-bond acceptors (Lipinski definition) is 6. The molecular formula is C22H26N4O3. The number of nitrogens with zero attached hydrogens (tertiary/aromatic N) is 4. The molecule has 0 saturated heterocycles. The molecule has 3 aromatic rings. The van der Waals surface area contributed by atoms with Crippen molar-refractivity contribution in [3.63, 3.8) is 0 Å². The number of benzene rings is 1. The van der Waals surface area contributed by atoms with Gasteiger partial charge in [0.05, 0.1) is 5.52 Å². The van der Waals surface area contributed by atoms with Crippen molar-refractivity contribution in [1.82, 2.24) is 19.7 Å². The Labute approximate surface area is 170 Å². The van der Waals surface area contributed by atoms with Crippen molar-refractivity contribution in [3.8, 4) is 11.1 Å². The predicted octanol–water partition coefficient (Wildman–Crippen LogP) is 3.91. The number of ketones is 1. The summed E-state index contributed by atoms with van der Waals surface area (Å²) in [5, 5.41) is 5.17. The van der Waals surface area contributed by atoms with Gasteiger partial charge in [-0.1, -0.05) is 6.92 Å². The number of carbonyl (C=O) groups is 2. The molecule has 0 atom stereocenters. The fourth-order valence-electron chi connectivity index (χ4n) is 3.25. The maximum Gasteiger partial charge on any atom is 0.328 e. The van der Waals surface area contributed by atoms with Crippen molar-refractivity contribution in [3.05, 3.63) is 41.6 Å². The lowest BCUT2D eigenvalue weighted by molar-refractivity contribution is -0.155. The van der Waals surface area contributed by atoms with Gasteiger partial charge in [-0.15, -0.1) is 0 Å². The molecule has 0 amide bonds. The number of esters is 1. The Morgan fingerprint density at radius 2 is 1.76 bits per heavy atom. The molecule has 0 aliphatic rings. The van der Waals surface area contributed by atoms with Gasteiger partial charge >= 0.3 is 5.97 Å². The molecule has 2 aromatic heterocycles. The van der Waals surface area contributed by atoms with Crippen LogP contribution in [-0.2, 0) is 22.5 Å². The Bertz CT molecular complexity index is 1080. The van der Waals surface area contributed by atoms with Gasteiger partial charge in [0.2, 0.25) is 0 Å². The van der Waals surface area contributed by atoms with Gasteiger partial charge < -0.3 is 4.74 Å². The van der Waals surface area contributed by atoms with Crippen molar-refractivity contribution in [2.45, 2.75) is 60.1 Å². The average molecular weight is 394 g/mol. The molecule has 0 N–H and O–H groups in total. The van der Waals surface area contributed by atoms with Crippen LogP contribution in [0.5, 0.6) is 0 Å². The maximum absolute atomic E-state index is 12.4. The van der Waals surface area contributed by atoms with E-state index in [1.54, 1.807) is 17.1 Å². The Morgan fingerprint density at radius 1 is 1.10 bits per heavy atom. The van der Waals surface area contributed by atoms with Crippen LogP contribution in [0.4, 0.5) is 0 Å². The third kappa shape index (κ3) is 4.50. The summed E-state index contributed by atoms with van der Waals surface area (Å²) in [5.41, 5.74) is 3.29. The summed E-state index contributed by atoms with van der Waals surface area (Å²) in [4.78, 5) is 33.2. The van der Waals surface area contributed by atoms with Gasteiger partial charge in [0.15, 0.2) is 5.78 Å². The zero-order chi connectivity index (χ0) is 21.3. The van der Waals surface area contributed by atoms with Crippen LogP contribution in [0.3, 0.4) is 0 Å². The van der Waals surface area contributed by atoms with E-state index in [2.05, 4.69) is 15.1 Å². The molecule has 0 bridgehead atoms. The van der Waals surface area contributed by atoms with E-state index in [9.17, 15) is 9.59 Å². The molecule has 0 radical (unpaired) electrons. The molecule has 152 valence electrons. The molecule has 7 heteroatoms. The minimum absolute atomic E-state index is 0.0545. The summed E-state index contributed by atoms with van der Waals surface area (Å²) in [6.45, 7) is 10.7. The van der Waals surface area contributed by atoms with Crippen LogP contribution in [0.1, 0.15) is 56.5 Å². The van der Waals surface area contributed by atoms with Gasteiger partial charge in [-0.25, -0.2) is 9.97 Å². The van der Waals surface area contributed by atoms with Crippen LogP contribution in [-0.4, -0.2) is 37.1 Å². The molecule has 0 fully saturated rings. The van der Waals surface area contributed by atoms with Crippen LogP contribution in [0, 0.1) is 6.92 Å². The second kappa shape index (κ2) is 7.73. The second-order valence-corrected chi connectivity index (χ2v) is 8.05. The van der Waals surface area contributed by atoms with E-state index in [0.717, 1.165) is 27.6 Å². The van der Waals surface area contributed by atoms with Gasteiger partial charge in [-0.05, 0) is 57.4 Å². The monoisotopic (exact) mass is 394 g/mol. The third-order valence-electron chi connectivity index (χ3n) is 4.45. The van der Waals surface area contributed by atoms with E-state index in [0.29, 0.717) is 17.9 Å². The quantitative estimate of drug-likeness (QED) is 0.482. The van der Waals surface area contributed by atoms with Crippen LogP contribution >= 0.6 is 0 Å². The summed E-state index contributed by atoms with van der Waals surface area (Å²) < 4.78 is 7.01. The molecule has 3 rings (SSSR count). The zero-order valence-electron chi connectivity index (χ0n) is 17.7. The van der Waals surface area contributed by atoms with Crippen LogP contribution in [0.25, 0.3) is 22.0 Å². The number of carbonyl (C=O) groups excluding carboxylic acids is 2. The van der Waals surface area contributed by atoms with E-state index in [-0.39, 0.29) is 12.3 Å². The van der Waals surface area contributed by atoms with Crippen LogP contribution < -0.4 is 0 Å². The predicted molar refractivity (Wildman–Crippen MR) is 111 cm³/mol. The van der Waals surface area contributed by atoms with Crippen molar-refractivity contribution in [1.29, 1.82) is 0 Å². The lowest BCUT2D eigenvalue weighted by Crippen LogP contribution is -2.27. The summed E-state index contributed by atoms with van der Waals surface area (Å²) in [7, 11) is 0. The highest BCUT2D eigenvalue weighted by Gasteiger charge is 2.22. The number of hydrogen-bond donors (Lipinski definition) is 0. The van der Waals surface area contributed by atoms with Gasteiger partial charge in [0.1, 0.15) is 23.7 Å². The van der Waals surface area contributed by atoms with Crippen molar-refractivity contribution in [2.24, 2.45) is 0 Å². The summed E-state index contributed by atoms with van der Waals surface area (Å²) in [6, 6.07) is 3.95. The number of fused-ring (bicyclic) bond motifs is 1. The first-order valence-electron chi connectivity index (χ1n) is 9.64. The third-order valence-corrected chi connectivity index (χ3v) is 4.45. The minimum atomic E-state index is -0.588. The Kier molecular flexibility index (Phi) is 5.50. The highest BCUT2D eigenvalue weighted by atomic mass is 16.6. The normalized spacial score (nSPS) is 11.7. The van der Waals surface area contributed by atoms with Gasteiger partial charge in [-0.3, -0.25) is 14.3 Å². The number of rotatable bonds is 5. The Balaban J connectivity index is 2.16. The molecule has 2 heterocycles.